The first kappa shape index (κ1) is 49.4. The molecular weight excluding hydrogens is 918 g/mol. The number of halogens is 1. The summed E-state index contributed by atoms with van der Waals surface area (Å²) in [4.78, 5) is 91.6. The molecule has 6 aliphatic rings. The summed E-state index contributed by atoms with van der Waals surface area (Å²) in [6.07, 6.45) is 10.6. The second-order valence-corrected chi connectivity index (χ2v) is 20.8. The van der Waals surface area contributed by atoms with E-state index in [1.165, 1.54) is 6.07 Å². The molecule has 4 aromatic rings. The number of rotatable bonds is 13. The van der Waals surface area contributed by atoms with Crippen LogP contribution in [0.4, 0.5) is 10.1 Å². The fraction of sp³-hybridized carbons (Fsp3) is 0.545. The van der Waals surface area contributed by atoms with Gasteiger partial charge in [-0.3, -0.25) is 33.7 Å². The molecule has 17 heteroatoms. The van der Waals surface area contributed by atoms with Crippen molar-refractivity contribution in [1.29, 1.82) is 0 Å². The SMILES string of the molecule is O=C(NC(C(=O)N1CCC(OC2CCN(CC(=O)N3CCN(C(=O)c4cc(Cc5n[nH]c(=O)c6ccccc56)ccc4F)CC3)CC2)CC1)C1CCCCC1)c1ccc(N2CCN(C(=O)C3CC3)CC2)cc1. The zero-order chi connectivity index (χ0) is 49.7. The Labute approximate surface area is 420 Å². The summed E-state index contributed by atoms with van der Waals surface area (Å²) in [5, 5.41) is 11.2. The Morgan fingerprint density at radius 2 is 1.32 bits per heavy atom. The minimum Gasteiger partial charge on any atom is -0.375 e. The summed E-state index contributed by atoms with van der Waals surface area (Å²) in [5.74, 6) is -0.619. The minimum atomic E-state index is -0.612. The number of nitrogens with one attached hydrogen (secondary N) is 2. The van der Waals surface area contributed by atoms with Crippen LogP contribution in [0.3, 0.4) is 0 Å². The predicted octanol–water partition coefficient (Wildman–Crippen LogP) is 4.85. The number of fused-ring (bicyclic) bond motifs is 1. The zero-order valence-electron chi connectivity index (χ0n) is 41.3. The summed E-state index contributed by atoms with van der Waals surface area (Å²) in [5.41, 5.74) is 2.57. The molecule has 72 heavy (non-hydrogen) atoms. The van der Waals surface area contributed by atoms with Crippen LogP contribution in [0, 0.1) is 17.7 Å². The molecule has 5 heterocycles. The van der Waals surface area contributed by atoms with Gasteiger partial charge in [-0.05, 0) is 105 Å². The predicted molar refractivity (Wildman–Crippen MR) is 270 cm³/mol. The number of carbonyl (C=O) groups is 5. The number of ether oxygens (including phenoxy) is 1. The third-order valence-electron chi connectivity index (χ3n) is 16.0. The molecule has 0 radical (unpaired) electrons. The van der Waals surface area contributed by atoms with Crippen LogP contribution in [0.5, 0.6) is 0 Å². The van der Waals surface area contributed by atoms with Gasteiger partial charge in [0.15, 0.2) is 0 Å². The molecule has 0 bridgehead atoms. The van der Waals surface area contributed by atoms with Crippen molar-refractivity contribution < 1.29 is 33.1 Å². The average molecular weight is 986 g/mol. The zero-order valence-corrected chi connectivity index (χ0v) is 41.3. The van der Waals surface area contributed by atoms with Crippen LogP contribution < -0.4 is 15.8 Å². The van der Waals surface area contributed by atoms with Crippen molar-refractivity contribution in [3.05, 3.63) is 105 Å². The molecule has 3 aromatic carbocycles. The first-order valence-electron chi connectivity index (χ1n) is 26.5. The van der Waals surface area contributed by atoms with E-state index in [1.54, 1.807) is 34.1 Å². The van der Waals surface area contributed by atoms with E-state index in [0.29, 0.717) is 79.2 Å². The van der Waals surface area contributed by atoms with E-state index < -0.39 is 17.8 Å². The number of H-pyrrole nitrogens is 1. The van der Waals surface area contributed by atoms with Crippen molar-refractivity contribution in [2.45, 2.75) is 95.3 Å². The van der Waals surface area contributed by atoms with E-state index in [0.717, 1.165) is 116 Å². The van der Waals surface area contributed by atoms with Gasteiger partial charge in [-0.1, -0.05) is 43.5 Å². The highest BCUT2D eigenvalue weighted by Gasteiger charge is 2.38. The van der Waals surface area contributed by atoms with E-state index in [4.69, 9.17) is 4.74 Å². The third-order valence-corrected chi connectivity index (χ3v) is 16.0. The number of aromatic nitrogens is 2. The number of aromatic amines is 1. The number of nitrogens with zero attached hydrogens (tertiary/aromatic N) is 7. The van der Waals surface area contributed by atoms with Gasteiger partial charge in [0.2, 0.25) is 17.7 Å². The fourth-order valence-corrected chi connectivity index (χ4v) is 11.5. The lowest BCUT2D eigenvalue weighted by Crippen LogP contribution is -2.55. The Morgan fingerprint density at radius 3 is 2.00 bits per heavy atom. The van der Waals surface area contributed by atoms with Gasteiger partial charge in [-0.15, -0.1) is 0 Å². The summed E-state index contributed by atoms with van der Waals surface area (Å²) in [6, 6.07) is 18.7. The number of hydrogen-bond acceptors (Lipinski definition) is 10. The van der Waals surface area contributed by atoms with Crippen molar-refractivity contribution in [3.8, 4) is 0 Å². The van der Waals surface area contributed by atoms with E-state index in [-0.39, 0.29) is 59.4 Å². The molecule has 5 amide bonds. The van der Waals surface area contributed by atoms with Crippen LogP contribution in [0.25, 0.3) is 10.8 Å². The van der Waals surface area contributed by atoms with Gasteiger partial charge in [0.05, 0.1) is 35.4 Å². The standard InChI is InChI=1S/C55H68FN9O7/c56-47-17-10-37(35-48-44-8-4-5-9-45(44)52(68)59-58-48)34-46(47)54(70)65-32-28-62(29-33-65)49(66)36-60-22-18-42(19-23-60)72-43-20-24-63(25-21-43)55(71)50(38-6-2-1-3-7-38)57-51(67)39-13-15-41(16-14-39)61-26-30-64(31-27-61)53(69)40-11-12-40/h4-5,8-10,13-17,34,38,40,42-43,50H,1-3,6-7,11-12,18-33,35-36H2,(H,57,67)(H,59,68). The molecule has 16 nitrogen and oxygen atoms in total. The first-order chi connectivity index (χ1) is 35.0. The van der Waals surface area contributed by atoms with E-state index in [1.807, 2.05) is 46.2 Å². The number of benzene rings is 3. The van der Waals surface area contributed by atoms with Gasteiger partial charge in [-0.2, -0.15) is 5.10 Å². The Kier molecular flexibility index (Phi) is 15.3. The second kappa shape index (κ2) is 22.3. The van der Waals surface area contributed by atoms with Gasteiger partial charge in [-0.25, -0.2) is 9.49 Å². The molecule has 10 rings (SSSR count). The summed E-state index contributed by atoms with van der Waals surface area (Å²) >= 11 is 0. The van der Waals surface area contributed by atoms with E-state index in [2.05, 4.69) is 25.3 Å². The topological polar surface area (TPSA) is 172 Å². The lowest BCUT2D eigenvalue weighted by molar-refractivity contribution is -0.140. The molecule has 4 aliphatic heterocycles. The van der Waals surface area contributed by atoms with Crippen LogP contribution in [0.2, 0.25) is 0 Å². The monoisotopic (exact) mass is 986 g/mol. The van der Waals surface area contributed by atoms with Gasteiger partial charge in [0.1, 0.15) is 11.9 Å². The number of likely N-dealkylation sites (tertiary alicyclic amines) is 2. The Bertz CT molecular complexity index is 2660. The number of hydrogen-bond donors (Lipinski definition) is 2. The molecule has 0 spiro atoms. The molecule has 2 N–H and O–H groups in total. The van der Waals surface area contributed by atoms with Gasteiger partial charge >= 0.3 is 0 Å². The molecule has 2 saturated carbocycles. The Morgan fingerprint density at radius 1 is 0.681 bits per heavy atom. The fourth-order valence-electron chi connectivity index (χ4n) is 11.5. The largest absolute Gasteiger partial charge is 0.375 e. The van der Waals surface area contributed by atoms with E-state index >= 15 is 4.39 Å². The number of amides is 5. The van der Waals surface area contributed by atoms with Crippen molar-refractivity contribution in [3.63, 3.8) is 0 Å². The molecule has 6 fully saturated rings. The normalized spacial score (nSPS) is 20.4. The van der Waals surface area contributed by atoms with Crippen molar-refractivity contribution in [2.75, 3.05) is 90.0 Å². The molecule has 2 aliphatic carbocycles. The van der Waals surface area contributed by atoms with Crippen molar-refractivity contribution in [2.24, 2.45) is 11.8 Å². The number of carbonyl (C=O) groups excluding carboxylic acids is 5. The molecule has 1 atom stereocenters. The van der Waals surface area contributed by atoms with Crippen molar-refractivity contribution in [1.82, 2.24) is 40.0 Å². The minimum absolute atomic E-state index is 0.00112. The highest BCUT2D eigenvalue weighted by atomic mass is 19.1. The number of anilines is 1. The van der Waals surface area contributed by atoms with Gasteiger partial charge in [0, 0.05) is 108 Å². The van der Waals surface area contributed by atoms with Gasteiger partial charge < -0.3 is 34.6 Å². The molecule has 1 unspecified atom stereocenters. The van der Waals surface area contributed by atoms with Crippen molar-refractivity contribution >= 4 is 46.0 Å². The van der Waals surface area contributed by atoms with Crippen LogP contribution in [-0.2, 0) is 25.5 Å². The van der Waals surface area contributed by atoms with Crippen LogP contribution in [0.1, 0.15) is 103 Å². The number of piperidine rings is 2. The molecule has 4 saturated heterocycles. The maximum Gasteiger partial charge on any atom is 0.272 e. The van der Waals surface area contributed by atoms with Crippen LogP contribution in [-0.4, -0.2) is 168 Å². The Balaban J connectivity index is 0.645. The summed E-state index contributed by atoms with van der Waals surface area (Å²) in [7, 11) is 0. The van der Waals surface area contributed by atoms with E-state index in [9.17, 15) is 28.8 Å². The maximum atomic E-state index is 15.1. The summed E-state index contributed by atoms with van der Waals surface area (Å²) < 4.78 is 21.7. The third kappa shape index (κ3) is 11.5. The molecule has 382 valence electrons. The lowest BCUT2D eigenvalue weighted by atomic mass is 9.83. The van der Waals surface area contributed by atoms with Crippen LogP contribution in [0.15, 0.2) is 71.5 Å². The summed E-state index contributed by atoms with van der Waals surface area (Å²) in [6.45, 7) is 7.23. The quantitative estimate of drug-likeness (QED) is 0.189. The molecular formula is C55H68FN9O7. The van der Waals surface area contributed by atoms with Gasteiger partial charge in [0.25, 0.3) is 17.4 Å². The molecule has 1 aromatic heterocycles. The first-order valence-corrected chi connectivity index (χ1v) is 26.5. The highest BCUT2D eigenvalue weighted by Crippen LogP contribution is 2.32. The van der Waals surface area contributed by atoms with Crippen LogP contribution >= 0.6 is 0 Å². The highest BCUT2D eigenvalue weighted by molar-refractivity contribution is 5.98. The average Bonchev–Trinajstić information content (AvgIpc) is 4.28. The smallest absolute Gasteiger partial charge is 0.272 e. The second-order valence-electron chi connectivity index (χ2n) is 20.8. The Hall–Kier alpha value is -6.20. The number of piperazine rings is 2. The lowest BCUT2D eigenvalue weighted by Gasteiger charge is -2.40. The maximum absolute atomic E-state index is 15.1.